The molecule has 0 spiro atoms. The van der Waals surface area contributed by atoms with Crippen molar-refractivity contribution in [2.75, 3.05) is 13.7 Å². The normalized spacial score (nSPS) is 10.3. The summed E-state index contributed by atoms with van der Waals surface area (Å²) >= 11 is 1.68. The van der Waals surface area contributed by atoms with Crippen LogP contribution >= 0.6 is 11.3 Å². The fourth-order valence-electron chi connectivity index (χ4n) is 1.70. The van der Waals surface area contributed by atoms with Crippen LogP contribution in [-0.2, 0) is 13.0 Å². The van der Waals surface area contributed by atoms with Crippen LogP contribution in [0.15, 0.2) is 35.7 Å². The molecule has 0 amide bonds. The first-order valence-corrected chi connectivity index (χ1v) is 6.73. The number of ether oxygens (including phenoxy) is 2. The van der Waals surface area contributed by atoms with E-state index in [1.807, 2.05) is 29.6 Å². The molecule has 0 unspecified atom stereocenters. The maximum Gasteiger partial charge on any atom is 0.161 e. The van der Waals surface area contributed by atoms with E-state index in [1.54, 1.807) is 18.4 Å². The van der Waals surface area contributed by atoms with Crippen LogP contribution in [0.4, 0.5) is 0 Å². The predicted octanol–water partition coefficient (Wildman–Crippen LogP) is 2.84. The van der Waals surface area contributed by atoms with Crippen LogP contribution in [0.1, 0.15) is 10.4 Å². The van der Waals surface area contributed by atoms with Gasteiger partial charge in [-0.2, -0.15) is 0 Å². The molecule has 0 bridgehead atoms. The molecule has 0 radical (unpaired) electrons. The van der Waals surface area contributed by atoms with Crippen LogP contribution in [0.25, 0.3) is 0 Å². The molecule has 0 aliphatic carbocycles. The van der Waals surface area contributed by atoms with Crippen molar-refractivity contribution >= 4 is 11.3 Å². The Labute approximate surface area is 111 Å². The molecule has 3 nitrogen and oxygen atoms in total. The van der Waals surface area contributed by atoms with Gasteiger partial charge in [0.25, 0.3) is 0 Å². The summed E-state index contributed by atoms with van der Waals surface area (Å²) in [5.41, 5.74) is 6.73. The lowest BCUT2D eigenvalue weighted by Crippen LogP contribution is -2.03. The zero-order chi connectivity index (χ0) is 12.8. The van der Waals surface area contributed by atoms with Crippen LogP contribution in [0.3, 0.4) is 0 Å². The number of hydrogen-bond acceptors (Lipinski definition) is 4. The van der Waals surface area contributed by atoms with Crippen molar-refractivity contribution in [1.29, 1.82) is 0 Å². The number of methoxy groups -OCH3 is 1. The highest BCUT2D eigenvalue weighted by atomic mass is 32.1. The Hall–Kier alpha value is -1.52. The summed E-state index contributed by atoms with van der Waals surface area (Å²) in [7, 11) is 1.65. The highest BCUT2D eigenvalue weighted by molar-refractivity contribution is 7.09. The first-order chi connectivity index (χ1) is 8.83. The fraction of sp³-hybridized carbons (Fsp3) is 0.286. The Morgan fingerprint density at radius 1 is 1.22 bits per heavy atom. The van der Waals surface area contributed by atoms with Gasteiger partial charge in [0, 0.05) is 4.88 Å². The molecule has 0 saturated carbocycles. The third-order valence-corrected chi connectivity index (χ3v) is 3.46. The first-order valence-electron chi connectivity index (χ1n) is 5.85. The standard InChI is InChI=1S/C14H17NO2S/c1-16-13-5-4-11(6-7-15)9-14(13)17-10-12-3-2-8-18-12/h2-5,8-9H,6-7,10,15H2,1H3. The first kappa shape index (κ1) is 12.9. The molecule has 18 heavy (non-hydrogen) atoms. The van der Waals surface area contributed by atoms with Crippen molar-refractivity contribution in [1.82, 2.24) is 0 Å². The molecule has 0 fully saturated rings. The van der Waals surface area contributed by atoms with Crippen molar-refractivity contribution in [3.63, 3.8) is 0 Å². The van der Waals surface area contributed by atoms with Gasteiger partial charge < -0.3 is 15.2 Å². The van der Waals surface area contributed by atoms with E-state index in [2.05, 4.69) is 6.07 Å². The molecule has 0 saturated heterocycles. The van der Waals surface area contributed by atoms with E-state index < -0.39 is 0 Å². The highest BCUT2D eigenvalue weighted by Crippen LogP contribution is 2.29. The van der Waals surface area contributed by atoms with Gasteiger partial charge in [0.15, 0.2) is 11.5 Å². The summed E-state index contributed by atoms with van der Waals surface area (Å²) in [4.78, 5) is 1.20. The molecule has 96 valence electrons. The molecule has 1 aromatic heterocycles. The van der Waals surface area contributed by atoms with E-state index in [-0.39, 0.29) is 0 Å². The van der Waals surface area contributed by atoms with Gasteiger partial charge in [-0.05, 0) is 42.1 Å². The third-order valence-electron chi connectivity index (χ3n) is 2.61. The van der Waals surface area contributed by atoms with E-state index in [0.29, 0.717) is 13.2 Å². The van der Waals surface area contributed by atoms with Gasteiger partial charge in [-0.3, -0.25) is 0 Å². The van der Waals surface area contributed by atoms with Crippen molar-refractivity contribution in [3.8, 4) is 11.5 Å². The average Bonchev–Trinajstić information content (AvgIpc) is 2.90. The molecular formula is C14H17NO2S. The van der Waals surface area contributed by atoms with E-state index in [0.717, 1.165) is 17.9 Å². The zero-order valence-electron chi connectivity index (χ0n) is 10.4. The lowest BCUT2D eigenvalue weighted by molar-refractivity contribution is 0.287. The molecule has 2 N–H and O–H groups in total. The van der Waals surface area contributed by atoms with Crippen molar-refractivity contribution in [2.24, 2.45) is 5.73 Å². The average molecular weight is 263 g/mol. The van der Waals surface area contributed by atoms with Gasteiger partial charge in [-0.1, -0.05) is 12.1 Å². The van der Waals surface area contributed by atoms with Crippen LogP contribution < -0.4 is 15.2 Å². The predicted molar refractivity (Wildman–Crippen MR) is 74.4 cm³/mol. The second-order valence-electron chi connectivity index (χ2n) is 3.89. The molecule has 2 rings (SSSR count). The molecule has 0 atom stereocenters. The van der Waals surface area contributed by atoms with Crippen LogP contribution in [0, 0.1) is 0 Å². The molecular weight excluding hydrogens is 246 g/mol. The number of benzene rings is 1. The van der Waals surface area contributed by atoms with Crippen molar-refractivity contribution < 1.29 is 9.47 Å². The highest BCUT2D eigenvalue weighted by Gasteiger charge is 2.06. The minimum atomic E-state index is 0.570. The van der Waals surface area contributed by atoms with Gasteiger partial charge in [0.1, 0.15) is 6.61 Å². The Morgan fingerprint density at radius 2 is 2.11 bits per heavy atom. The maximum atomic E-state index is 5.80. The van der Waals surface area contributed by atoms with Crippen molar-refractivity contribution in [2.45, 2.75) is 13.0 Å². The molecule has 2 aromatic rings. The van der Waals surface area contributed by atoms with E-state index >= 15 is 0 Å². The van der Waals surface area contributed by atoms with E-state index in [9.17, 15) is 0 Å². The summed E-state index contributed by atoms with van der Waals surface area (Å²) in [6.45, 7) is 1.21. The largest absolute Gasteiger partial charge is 0.493 e. The number of hydrogen-bond donors (Lipinski definition) is 1. The summed E-state index contributed by atoms with van der Waals surface area (Å²) in [5, 5.41) is 2.04. The molecule has 1 aromatic carbocycles. The van der Waals surface area contributed by atoms with Gasteiger partial charge in [0.05, 0.1) is 7.11 Å². The van der Waals surface area contributed by atoms with Crippen LogP contribution in [-0.4, -0.2) is 13.7 Å². The molecule has 4 heteroatoms. The Balaban J connectivity index is 2.10. The fourth-order valence-corrected chi connectivity index (χ4v) is 2.32. The third kappa shape index (κ3) is 3.24. The van der Waals surface area contributed by atoms with Gasteiger partial charge in [0.2, 0.25) is 0 Å². The molecule has 0 aliphatic rings. The number of rotatable bonds is 6. The SMILES string of the molecule is COc1ccc(CCN)cc1OCc1cccs1. The number of nitrogens with two attached hydrogens (primary N) is 1. The van der Waals surface area contributed by atoms with Crippen molar-refractivity contribution in [3.05, 3.63) is 46.2 Å². The zero-order valence-corrected chi connectivity index (χ0v) is 11.2. The van der Waals surface area contributed by atoms with Gasteiger partial charge >= 0.3 is 0 Å². The summed E-state index contributed by atoms with van der Waals surface area (Å²) in [5.74, 6) is 1.53. The Bertz CT molecular complexity index is 483. The smallest absolute Gasteiger partial charge is 0.161 e. The second-order valence-corrected chi connectivity index (χ2v) is 4.92. The van der Waals surface area contributed by atoms with Gasteiger partial charge in [-0.15, -0.1) is 11.3 Å². The van der Waals surface area contributed by atoms with E-state index in [4.69, 9.17) is 15.2 Å². The summed E-state index contributed by atoms with van der Waals surface area (Å²) < 4.78 is 11.1. The van der Waals surface area contributed by atoms with Gasteiger partial charge in [-0.25, -0.2) is 0 Å². The lowest BCUT2D eigenvalue weighted by atomic mass is 10.1. The molecule has 1 heterocycles. The molecule has 0 aliphatic heterocycles. The Morgan fingerprint density at radius 3 is 2.78 bits per heavy atom. The quantitative estimate of drug-likeness (QED) is 0.871. The maximum absolute atomic E-state index is 5.80. The summed E-state index contributed by atoms with van der Waals surface area (Å²) in [6, 6.07) is 10.0. The minimum Gasteiger partial charge on any atom is -0.493 e. The monoisotopic (exact) mass is 263 g/mol. The Kier molecular flexibility index (Phi) is 4.61. The topological polar surface area (TPSA) is 44.5 Å². The minimum absolute atomic E-state index is 0.570. The second kappa shape index (κ2) is 6.42. The summed E-state index contributed by atoms with van der Waals surface area (Å²) in [6.07, 6.45) is 0.847. The number of thiophene rings is 1. The van der Waals surface area contributed by atoms with Crippen LogP contribution in [0.5, 0.6) is 11.5 Å². The van der Waals surface area contributed by atoms with Crippen LogP contribution in [0.2, 0.25) is 0 Å². The van der Waals surface area contributed by atoms with E-state index in [1.165, 1.54) is 10.4 Å². The lowest BCUT2D eigenvalue weighted by Gasteiger charge is -2.11.